The van der Waals surface area contributed by atoms with Gasteiger partial charge in [-0.1, -0.05) is 126 Å². The van der Waals surface area contributed by atoms with Gasteiger partial charge in [0.25, 0.3) is 0 Å². The first-order chi connectivity index (χ1) is 18.3. The number of hydrogen-bond acceptors (Lipinski definition) is 0. The highest BCUT2D eigenvalue weighted by molar-refractivity contribution is 5.44. The molecule has 0 unspecified atom stereocenters. The summed E-state index contributed by atoms with van der Waals surface area (Å²) in [6.45, 7) is 6.10. The molecule has 200 valence electrons. The molecule has 0 nitrogen and oxygen atoms in total. The van der Waals surface area contributed by atoms with Crippen molar-refractivity contribution in [2.45, 2.75) is 122 Å². The Morgan fingerprint density at radius 3 is 1.70 bits per heavy atom. The SMILES string of the molecule is C=CCCCCc1ccc(C#Cc2ccc(CCC3CCC(CCCCCCCCC)CC3)cc2)cc1. The van der Waals surface area contributed by atoms with Crippen molar-refractivity contribution in [3.05, 3.63) is 83.4 Å². The molecule has 37 heavy (non-hydrogen) atoms. The van der Waals surface area contributed by atoms with Crippen molar-refractivity contribution in [1.29, 1.82) is 0 Å². The zero-order valence-electron chi connectivity index (χ0n) is 23.8. The van der Waals surface area contributed by atoms with E-state index in [2.05, 4.69) is 73.9 Å². The van der Waals surface area contributed by atoms with Crippen molar-refractivity contribution in [2.75, 3.05) is 0 Å². The zero-order chi connectivity index (χ0) is 26.0. The van der Waals surface area contributed by atoms with Crippen molar-refractivity contribution in [2.24, 2.45) is 11.8 Å². The van der Waals surface area contributed by atoms with E-state index in [1.807, 2.05) is 6.08 Å². The topological polar surface area (TPSA) is 0 Å². The number of hydrogen-bond donors (Lipinski definition) is 0. The summed E-state index contributed by atoms with van der Waals surface area (Å²) in [5, 5.41) is 0. The van der Waals surface area contributed by atoms with Gasteiger partial charge in [0.05, 0.1) is 0 Å². The van der Waals surface area contributed by atoms with Crippen LogP contribution in [0.1, 0.15) is 132 Å². The average Bonchev–Trinajstić information content (AvgIpc) is 2.94. The first-order valence-electron chi connectivity index (χ1n) is 15.6. The molecule has 1 aliphatic rings. The van der Waals surface area contributed by atoms with Gasteiger partial charge < -0.3 is 0 Å². The molecule has 0 saturated heterocycles. The Bertz CT molecular complexity index is 913. The number of allylic oxidation sites excluding steroid dienone is 1. The van der Waals surface area contributed by atoms with Gasteiger partial charge in [-0.05, 0) is 85.8 Å². The molecule has 1 fully saturated rings. The molecule has 0 aromatic heterocycles. The predicted molar refractivity (Wildman–Crippen MR) is 163 cm³/mol. The summed E-state index contributed by atoms with van der Waals surface area (Å²) in [7, 11) is 0. The van der Waals surface area contributed by atoms with Crippen LogP contribution in [0.25, 0.3) is 0 Å². The number of benzene rings is 2. The Kier molecular flexibility index (Phi) is 14.3. The maximum Gasteiger partial charge on any atom is 0.0249 e. The van der Waals surface area contributed by atoms with Crippen molar-refractivity contribution >= 4 is 0 Å². The minimum atomic E-state index is 0.940. The molecule has 0 bridgehead atoms. The van der Waals surface area contributed by atoms with Crippen LogP contribution >= 0.6 is 0 Å². The quantitative estimate of drug-likeness (QED) is 0.123. The molecular weight excluding hydrogens is 444 g/mol. The molecule has 0 heteroatoms. The van der Waals surface area contributed by atoms with Crippen molar-refractivity contribution in [1.82, 2.24) is 0 Å². The van der Waals surface area contributed by atoms with Gasteiger partial charge in [-0.25, -0.2) is 0 Å². The fourth-order valence-electron chi connectivity index (χ4n) is 5.84. The van der Waals surface area contributed by atoms with Crippen LogP contribution < -0.4 is 0 Å². The van der Waals surface area contributed by atoms with Crippen LogP contribution in [0.4, 0.5) is 0 Å². The fraction of sp³-hybridized carbons (Fsp3) is 0.568. The van der Waals surface area contributed by atoms with Gasteiger partial charge in [-0.2, -0.15) is 0 Å². The number of aryl methyl sites for hydroxylation is 2. The minimum absolute atomic E-state index is 0.940. The van der Waals surface area contributed by atoms with E-state index in [-0.39, 0.29) is 0 Å². The molecule has 0 amide bonds. The Labute approximate surface area is 229 Å². The van der Waals surface area contributed by atoms with E-state index >= 15 is 0 Å². The van der Waals surface area contributed by atoms with Gasteiger partial charge in [0, 0.05) is 11.1 Å². The third-order valence-corrected chi connectivity index (χ3v) is 8.41. The molecule has 0 heterocycles. The average molecular weight is 497 g/mol. The van der Waals surface area contributed by atoms with E-state index < -0.39 is 0 Å². The Balaban J connectivity index is 1.30. The number of unbranched alkanes of at least 4 members (excludes halogenated alkanes) is 8. The lowest BCUT2D eigenvalue weighted by Gasteiger charge is -2.28. The summed E-state index contributed by atoms with van der Waals surface area (Å²) in [4.78, 5) is 0. The standard InChI is InChI=1S/C37H52/c1-3-5-7-9-10-11-13-15-33-18-22-35(23-19-33)25-27-37-30-28-36(29-31-37)26-24-34-20-16-32(17-21-34)14-12-8-6-4-2/h4,16-17,20-21,28-31,33,35H,2-3,5-15,18-19,22-23,25,27H2,1H3. The van der Waals surface area contributed by atoms with Crippen molar-refractivity contribution in [3.8, 4) is 11.8 Å². The van der Waals surface area contributed by atoms with Crippen LogP contribution in [0.5, 0.6) is 0 Å². The monoisotopic (exact) mass is 496 g/mol. The highest BCUT2D eigenvalue weighted by Crippen LogP contribution is 2.34. The van der Waals surface area contributed by atoms with Crippen LogP contribution in [0.2, 0.25) is 0 Å². The summed E-state index contributed by atoms with van der Waals surface area (Å²) in [6.07, 6.45) is 26.7. The van der Waals surface area contributed by atoms with Crippen LogP contribution in [0.3, 0.4) is 0 Å². The molecule has 2 aromatic rings. The van der Waals surface area contributed by atoms with E-state index in [0.29, 0.717) is 0 Å². The maximum atomic E-state index is 3.80. The molecule has 0 spiro atoms. The minimum Gasteiger partial charge on any atom is -0.103 e. The van der Waals surface area contributed by atoms with E-state index in [4.69, 9.17) is 0 Å². The maximum absolute atomic E-state index is 3.80. The summed E-state index contributed by atoms with van der Waals surface area (Å²) in [5.41, 5.74) is 5.08. The van der Waals surface area contributed by atoms with Crippen molar-refractivity contribution < 1.29 is 0 Å². The molecule has 1 aliphatic carbocycles. The molecule has 2 aromatic carbocycles. The molecule has 0 aliphatic heterocycles. The first-order valence-corrected chi connectivity index (χ1v) is 15.6. The second-order valence-electron chi connectivity index (χ2n) is 11.5. The summed E-state index contributed by atoms with van der Waals surface area (Å²) >= 11 is 0. The zero-order valence-corrected chi connectivity index (χ0v) is 23.8. The Morgan fingerprint density at radius 1 is 0.622 bits per heavy atom. The van der Waals surface area contributed by atoms with Gasteiger partial charge in [0.15, 0.2) is 0 Å². The fourth-order valence-corrected chi connectivity index (χ4v) is 5.84. The van der Waals surface area contributed by atoms with Gasteiger partial charge in [-0.3, -0.25) is 0 Å². The van der Waals surface area contributed by atoms with Crippen LogP contribution in [-0.4, -0.2) is 0 Å². The highest BCUT2D eigenvalue weighted by atomic mass is 14.3. The van der Waals surface area contributed by atoms with E-state index in [9.17, 15) is 0 Å². The largest absolute Gasteiger partial charge is 0.103 e. The molecule has 1 saturated carbocycles. The lowest BCUT2D eigenvalue weighted by atomic mass is 9.77. The summed E-state index contributed by atoms with van der Waals surface area (Å²) in [6, 6.07) is 17.8. The van der Waals surface area contributed by atoms with Gasteiger partial charge in [0.2, 0.25) is 0 Å². The van der Waals surface area contributed by atoms with Crippen LogP contribution in [0.15, 0.2) is 61.2 Å². The normalized spacial score (nSPS) is 17.2. The van der Waals surface area contributed by atoms with E-state index in [1.54, 1.807) is 0 Å². The van der Waals surface area contributed by atoms with Crippen LogP contribution in [0, 0.1) is 23.7 Å². The number of rotatable bonds is 16. The molecule has 0 N–H and O–H groups in total. The molecular formula is C37H52. The molecule has 0 atom stereocenters. The Morgan fingerprint density at radius 2 is 1.14 bits per heavy atom. The predicted octanol–water partition coefficient (Wildman–Crippen LogP) is 10.9. The van der Waals surface area contributed by atoms with Gasteiger partial charge in [-0.15, -0.1) is 6.58 Å². The van der Waals surface area contributed by atoms with E-state index in [1.165, 1.54) is 114 Å². The third kappa shape index (κ3) is 12.2. The first kappa shape index (κ1) is 29.3. The summed E-state index contributed by atoms with van der Waals surface area (Å²) < 4.78 is 0. The second-order valence-corrected chi connectivity index (χ2v) is 11.5. The smallest absolute Gasteiger partial charge is 0.0249 e. The van der Waals surface area contributed by atoms with Crippen molar-refractivity contribution in [3.63, 3.8) is 0 Å². The van der Waals surface area contributed by atoms with Gasteiger partial charge in [0.1, 0.15) is 0 Å². The Hall–Kier alpha value is -2.26. The molecule has 3 rings (SSSR count). The highest BCUT2D eigenvalue weighted by Gasteiger charge is 2.20. The lowest BCUT2D eigenvalue weighted by Crippen LogP contribution is -2.15. The third-order valence-electron chi connectivity index (χ3n) is 8.41. The molecule has 0 radical (unpaired) electrons. The van der Waals surface area contributed by atoms with Gasteiger partial charge >= 0.3 is 0 Å². The van der Waals surface area contributed by atoms with E-state index in [0.717, 1.165) is 35.8 Å². The van der Waals surface area contributed by atoms with Crippen LogP contribution in [-0.2, 0) is 12.8 Å². The lowest BCUT2D eigenvalue weighted by molar-refractivity contribution is 0.248. The second kappa shape index (κ2) is 18.1. The summed E-state index contributed by atoms with van der Waals surface area (Å²) in [5.74, 6) is 8.64.